The fourth-order valence-electron chi connectivity index (χ4n) is 4.49. The molecule has 0 bridgehead atoms. The van der Waals surface area contributed by atoms with Gasteiger partial charge in [0, 0.05) is 19.7 Å². The summed E-state index contributed by atoms with van der Waals surface area (Å²) in [6.45, 7) is 5.14. The number of para-hydroxylation sites is 2. The highest BCUT2D eigenvalue weighted by molar-refractivity contribution is 6.45. The zero-order chi connectivity index (χ0) is 23.5. The molecule has 2 aliphatic rings. The summed E-state index contributed by atoms with van der Waals surface area (Å²) in [5, 5.41) is 9.72. The van der Waals surface area contributed by atoms with E-state index < -0.39 is 0 Å². The summed E-state index contributed by atoms with van der Waals surface area (Å²) in [6, 6.07) is 14.3. The van der Waals surface area contributed by atoms with Crippen LogP contribution in [-0.2, 0) is 9.59 Å². The molecule has 1 N–H and O–H groups in total. The third-order valence-electron chi connectivity index (χ3n) is 5.99. The van der Waals surface area contributed by atoms with Crippen LogP contribution in [0, 0.1) is 5.92 Å². The summed E-state index contributed by atoms with van der Waals surface area (Å²) in [6.07, 6.45) is 1.78. The Morgan fingerprint density at radius 3 is 2.45 bits per heavy atom. The van der Waals surface area contributed by atoms with E-state index >= 15 is 0 Å². The molecule has 0 aliphatic carbocycles. The summed E-state index contributed by atoms with van der Waals surface area (Å²) in [4.78, 5) is 30.6. The third kappa shape index (κ3) is 4.46. The van der Waals surface area contributed by atoms with E-state index in [0.29, 0.717) is 47.1 Å². The normalized spacial score (nSPS) is 19.0. The number of benzene rings is 2. The Hall–Kier alpha value is -3.32. The highest BCUT2D eigenvalue weighted by Crippen LogP contribution is 2.39. The summed E-state index contributed by atoms with van der Waals surface area (Å²) in [5.41, 5.74) is 1.81. The monoisotopic (exact) mass is 450 g/mol. The van der Waals surface area contributed by atoms with Crippen molar-refractivity contribution in [1.29, 1.82) is 0 Å². The lowest BCUT2D eigenvalue weighted by Crippen LogP contribution is -2.40. The lowest BCUT2D eigenvalue weighted by molar-refractivity contribution is -0.120. The number of piperidine rings is 1. The predicted octanol–water partition coefficient (Wildman–Crippen LogP) is 3.47. The van der Waals surface area contributed by atoms with Crippen molar-refractivity contribution in [3.05, 3.63) is 59.8 Å². The second-order valence-electron chi connectivity index (χ2n) is 8.67. The highest BCUT2D eigenvalue weighted by Gasteiger charge is 2.44. The molecule has 0 spiro atoms. The smallest absolute Gasteiger partial charge is 0.282 e. The van der Waals surface area contributed by atoms with Gasteiger partial charge in [0.05, 0.1) is 24.5 Å². The van der Waals surface area contributed by atoms with Gasteiger partial charge in [0.15, 0.2) is 0 Å². The number of methoxy groups -OCH3 is 1. The first-order valence-corrected chi connectivity index (χ1v) is 11.3. The number of carbonyl (C=O) groups excluding carboxylic acids is 2. The zero-order valence-electron chi connectivity index (χ0n) is 19.3. The number of aliphatic hydroxyl groups is 1. The Morgan fingerprint density at radius 2 is 1.79 bits per heavy atom. The average molecular weight is 451 g/mol. The number of carbonyl (C=O) groups is 2. The van der Waals surface area contributed by atoms with Crippen molar-refractivity contribution in [3.63, 3.8) is 0 Å². The molecular weight excluding hydrogens is 420 g/mol. The molecule has 2 amide bonds. The summed E-state index contributed by atoms with van der Waals surface area (Å²) < 4.78 is 11.2. The van der Waals surface area contributed by atoms with Crippen LogP contribution in [0.1, 0.15) is 32.3 Å². The minimum Gasteiger partial charge on any atom is -0.495 e. The van der Waals surface area contributed by atoms with Crippen molar-refractivity contribution in [2.45, 2.75) is 32.8 Å². The minimum atomic E-state index is -0.386. The number of hydrogen-bond acceptors (Lipinski definition) is 6. The van der Waals surface area contributed by atoms with Gasteiger partial charge in [-0.05, 0) is 62.4 Å². The predicted molar refractivity (Wildman–Crippen MR) is 126 cm³/mol. The largest absolute Gasteiger partial charge is 0.495 e. The molecule has 1 unspecified atom stereocenters. The topological polar surface area (TPSA) is 79.3 Å². The molecule has 0 saturated carbocycles. The van der Waals surface area contributed by atoms with Gasteiger partial charge < -0.3 is 19.5 Å². The van der Waals surface area contributed by atoms with E-state index in [-0.39, 0.29) is 30.4 Å². The number of imide groups is 1. The molecule has 4 rings (SSSR count). The quantitative estimate of drug-likeness (QED) is 0.651. The second-order valence-corrected chi connectivity index (χ2v) is 8.67. The Balaban J connectivity index is 1.79. The molecule has 2 aromatic carbocycles. The Kier molecular flexibility index (Phi) is 6.70. The Morgan fingerprint density at radius 1 is 1.06 bits per heavy atom. The van der Waals surface area contributed by atoms with E-state index in [1.807, 2.05) is 43.0 Å². The lowest BCUT2D eigenvalue weighted by Gasteiger charge is -2.34. The molecule has 0 aromatic heterocycles. The number of hydrogen-bond donors (Lipinski definition) is 1. The maximum Gasteiger partial charge on any atom is 0.282 e. The van der Waals surface area contributed by atoms with Crippen LogP contribution in [0.4, 0.5) is 5.69 Å². The third-order valence-corrected chi connectivity index (χ3v) is 5.99. The molecule has 174 valence electrons. The summed E-state index contributed by atoms with van der Waals surface area (Å²) in [5.74, 6) is 0.459. The standard InChI is InChI=1S/C26H30N2O5/c1-17(2)33-20-12-10-19(11-13-20)23-24(27-14-6-7-18(15-27)16-29)26(31)28(25(23)30)21-8-4-5-9-22(21)32-3/h4-5,8-13,17-18,29H,6-7,14-16H2,1-3H3. The average Bonchev–Trinajstić information content (AvgIpc) is 3.09. The molecule has 1 atom stereocenters. The molecule has 2 aromatic rings. The van der Waals surface area contributed by atoms with Crippen molar-refractivity contribution < 1.29 is 24.2 Å². The molecular formula is C26H30N2O5. The van der Waals surface area contributed by atoms with Crippen LogP contribution >= 0.6 is 0 Å². The van der Waals surface area contributed by atoms with Crippen LogP contribution in [0.25, 0.3) is 5.57 Å². The van der Waals surface area contributed by atoms with Crippen LogP contribution in [0.2, 0.25) is 0 Å². The zero-order valence-corrected chi connectivity index (χ0v) is 19.3. The summed E-state index contributed by atoms with van der Waals surface area (Å²) >= 11 is 0. The van der Waals surface area contributed by atoms with Crippen LogP contribution in [0.3, 0.4) is 0 Å². The van der Waals surface area contributed by atoms with Crippen molar-refractivity contribution in [1.82, 2.24) is 4.90 Å². The van der Waals surface area contributed by atoms with Gasteiger partial charge in [-0.1, -0.05) is 24.3 Å². The molecule has 1 fully saturated rings. The second kappa shape index (κ2) is 9.67. The van der Waals surface area contributed by atoms with Crippen LogP contribution in [-0.4, -0.2) is 54.7 Å². The number of nitrogens with zero attached hydrogens (tertiary/aromatic N) is 2. The van der Waals surface area contributed by atoms with E-state index in [4.69, 9.17) is 9.47 Å². The van der Waals surface area contributed by atoms with Crippen molar-refractivity contribution in [3.8, 4) is 11.5 Å². The van der Waals surface area contributed by atoms with Gasteiger partial charge in [-0.15, -0.1) is 0 Å². The minimum absolute atomic E-state index is 0.0325. The summed E-state index contributed by atoms with van der Waals surface area (Å²) in [7, 11) is 1.52. The fourth-order valence-corrected chi connectivity index (χ4v) is 4.49. The van der Waals surface area contributed by atoms with Crippen molar-refractivity contribution in [2.75, 3.05) is 31.7 Å². The van der Waals surface area contributed by atoms with Crippen molar-refractivity contribution >= 4 is 23.1 Å². The van der Waals surface area contributed by atoms with Crippen LogP contribution < -0.4 is 14.4 Å². The highest BCUT2D eigenvalue weighted by atomic mass is 16.5. The Labute approximate surface area is 194 Å². The molecule has 7 heteroatoms. The number of rotatable bonds is 7. The SMILES string of the molecule is COc1ccccc1N1C(=O)C(c2ccc(OC(C)C)cc2)=C(N2CCCC(CO)C2)C1=O. The number of anilines is 1. The molecule has 2 aliphatic heterocycles. The number of ether oxygens (including phenoxy) is 2. The van der Waals surface area contributed by atoms with E-state index in [1.165, 1.54) is 12.0 Å². The van der Waals surface area contributed by atoms with Crippen LogP contribution in [0.15, 0.2) is 54.2 Å². The van der Waals surface area contributed by atoms with E-state index in [2.05, 4.69) is 0 Å². The van der Waals surface area contributed by atoms with Gasteiger partial charge in [0.25, 0.3) is 11.8 Å². The first-order valence-electron chi connectivity index (χ1n) is 11.3. The van der Waals surface area contributed by atoms with Gasteiger partial charge >= 0.3 is 0 Å². The first-order chi connectivity index (χ1) is 15.9. The van der Waals surface area contributed by atoms with Crippen molar-refractivity contribution in [2.24, 2.45) is 5.92 Å². The molecule has 0 radical (unpaired) electrons. The molecule has 33 heavy (non-hydrogen) atoms. The number of aliphatic hydroxyl groups excluding tert-OH is 1. The van der Waals surface area contributed by atoms with Gasteiger partial charge in [-0.2, -0.15) is 0 Å². The van der Waals surface area contributed by atoms with E-state index in [1.54, 1.807) is 24.3 Å². The maximum absolute atomic E-state index is 13.7. The van der Waals surface area contributed by atoms with Gasteiger partial charge in [-0.25, -0.2) is 4.90 Å². The number of likely N-dealkylation sites (tertiary alicyclic amines) is 1. The number of amides is 2. The fraction of sp³-hybridized carbons (Fsp3) is 0.385. The first kappa shape index (κ1) is 22.9. The molecule has 1 saturated heterocycles. The molecule has 2 heterocycles. The van der Waals surface area contributed by atoms with Crippen LogP contribution in [0.5, 0.6) is 11.5 Å². The lowest BCUT2D eigenvalue weighted by atomic mass is 9.97. The van der Waals surface area contributed by atoms with E-state index in [9.17, 15) is 14.7 Å². The van der Waals surface area contributed by atoms with Gasteiger partial charge in [-0.3, -0.25) is 9.59 Å². The van der Waals surface area contributed by atoms with Gasteiger partial charge in [0.1, 0.15) is 17.2 Å². The van der Waals surface area contributed by atoms with Gasteiger partial charge in [0.2, 0.25) is 0 Å². The Bertz CT molecular complexity index is 1060. The molecule has 7 nitrogen and oxygen atoms in total. The maximum atomic E-state index is 13.7. The van der Waals surface area contributed by atoms with E-state index in [0.717, 1.165) is 12.8 Å².